The van der Waals surface area contributed by atoms with E-state index in [4.69, 9.17) is 21.1 Å². The Hall–Kier alpha value is -2.99. The molecule has 0 saturated heterocycles. The Bertz CT molecular complexity index is 819. The fourth-order valence-corrected chi connectivity index (χ4v) is 2.24. The second kappa shape index (κ2) is 9.48. The Kier molecular flexibility index (Phi) is 7.05. The van der Waals surface area contributed by atoms with Crippen molar-refractivity contribution in [3.63, 3.8) is 0 Å². The maximum atomic E-state index is 12.0. The Morgan fingerprint density at radius 1 is 1.12 bits per heavy atom. The Balaban J connectivity index is 1.99. The lowest BCUT2D eigenvalue weighted by atomic mass is 10.2. The van der Waals surface area contributed by atoms with Crippen molar-refractivity contribution in [3.8, 4) is 11.5 Å². The average Bonchev–Trinajstić information content (AvgIpc) is 2.64. The van der Waals surface area contributed by atoms with Gasteiger partial charge in [0.2, 0.25) is 0 Å². The lowest BCUT2D eigenvalue weighted by Crippen LogP contribution is -2.20. The predicted molar refractivity (Wildman–Crippen MR) is 99.6 cm³/mol. The van der Waals surface area contributed by atoms with Gasteiger partial charge in [0.25, 0.3) is 5.91 Å². The zero-order valence-electron chi connectivity index (χ0n) is 14.3. The van der Waals surface area contributed by atoms with Gasteiger partial charge in [0, 0.05) is 16.8 Å². The molecule has 7 heteroatoms. The average molecular weight is 376 g/mol. The largest absolute Gasteiger partial charge is 0.493 e. The third-order valence-corrected chi connectivity index (χ3v) is 3.50. The summed E-state index contributed by atoms with van der Waals surface area (Å²) in [5.74, 6) is 0.0579. The van der Waals surface area contributed by atoms with Crippen LogP contribution in [-0.2, 0) is 14.3 Å². The topological polar surface area (TPSA) is 73.9 Å². The normalized spacial score (nSPS) is 10.4. The van der Waals surface area contributed by atoms with Gasteiger partial charge in [0.05, 0.1) is 14.2 Å². The highest BCUT2D eigenvalue weighted by atomic mass is 35.5. The lowest BCUT2D eigenvalue weighted by Gasteiger charge is -2.11. The van der Waals surface area contributed by atoms with Gasteiger partial charge >= 0.3 is 5.97 Å². The summed E-state index contributed by atoms with van der Waals surface area (Å²) in [6.45, 7) is -0.194. The molecule has 0 aliphatic carbocycles. The van der Waals surface area contributed by atoms with Gasteiger partial charge < -0.3 is 19.5 Å². The highest BCUT2D eigenvalue weighted by Gasteiger charge is 2.09. The van der Waals surface area contributed by atoms with Crippen LogP contribution in [0.2, 0.25) is 5.02 Å². The summed E-state index contributed by atoms with van der Waals surface area (Å²) in [5.41, 5.74) is 1.31. The first-order chi connectivity index (χ1) is 12.5. The van der Waals surface area contributed by atoms with Gasteiger partial charge in [-0.3, -0.25) is 4.79 Å². The Morgan fingerprint density at radius 3 is 2.62 bits per heavy atom. The Morgan fingerprint density at radius 2 is 1.92 bits per heavy atom. The van der Waals surface area contributed by atoms with Crippen LogP contribution in [0.15, 0.2) is 48.5 Å². The van der Waals surface area contributed by atoms with Gasteiger partial charge in [-0.15, -0.1) is 0 Å². The van der Waals surface area contributed by atoms with E-state index in [9.17, 15) is 9.59 Å². The molecule has 0 radical (unpaired) electrons. The molecular formula is C19H18ClNO5. The predicted octanol–water partition coefficient (Wildman–Crippen LogP) is 3.55. The van der Waals surface area contributed by atoms with Crippen molar-refractivity contribution >= 4 is 35.2 Å². The van der Waals surface area contributed by atoms with E-state index in [0.717, 1.165) is 5.56 Å². The summed E-state index contributed by atoms with van der Waals surface area (Å²) >= 11 is 5.88. The second-order valence-electron chi connectivity index (χ2n) is 5.11. The number of anilines is 1. The molecule has 0 aliphatic heterocycles. The maximum absolute atomic E-state index is 12.0. The first kappa shape index (κ1) is 19.3. The number of ether oxygens (including phenoxy) is 3. The van der Waals surface area contributed by atoms with Crippen LogP contribution in [0.4, 0.5) is 5.69 Å². The van der Waals surface area contributed by atoms with Gasteiger partial charge in [-0.25, -0.2) is 4.79 Å². The summed E-state index contributed by atoms with van der Waals surface area (Å²) in [6, 6.07) is 11.9. The number of rotatable bonds is 7. The minimum Gasteiger partial charge on any atom is -0.493 e. The summed E-state index contributed by atoms with van der Waals surface area (Å²) in [7, 11) is 2.79. The molecule has 1 N–H and O–H groups in total. The molecule has 0 unspecified atom stereocenters. The molecule has 0 bridgehead atoms. The number of carbonyl (C=O) groups is 2. The monoisotopic (exact) mass is 375 g/mol. The number of hydrogen-bond donors (Lipinski definition) is 1. The summed E-state index contributed by atoms with van der Waals surface area (Å²) in [6.07, 6.45) is 2.89. The van der Waals surface area contributed by atoms with Crippen LogP contribution in [0, 0.1) is 0 Å². The maximum Gasteiger partial charge on any atom is 0.330 e. The highest BCUT2D eigenvalue weighted by Crippen LogP contribution is 2.28. The highest BCUT2D eigenvalue weighted by molar-refractivity contribution is 6.30. The lowest BCUT2D eigenvalue weighted by molar-refractivity contribution is -0.134. The van der Waals surface area contributed by atoms with E-state index in [-0.39, 0.29) is 12.5 Å². The van der Waals surface area contributed by atoms with Gasteiger partial charge in [0.15, 0.2) is 18.1 Å². The number of methoxy groups -OCH3 is 2. The molecule has 0 fully saturated rings. The summed E-state index contributed by atoms with van der Waals surface area (Å²) in [5, 5.41) is 3.22. The van der Waals surface area contributed by atoms with Gasteiger partial charge in [-0.1, -0.05) is 23.7 Å². The molecule has 2 aromatic rings. The molecule has 1 amide bonds. The van der Waals surface area contributed by atoms with E-state index in [2.05, 4.69) is 10.1 Å². The summed E-state index contributed by atoms with van der Waals surface area (Å²) < 4.78 is 15.3. The zero-order chi connectivity index (χ0) is 18.9. The van der Waals surface area contributed by atoms with Crippen LogP contribution < -0.4 is 14.8 Å². The number of halogens is 1. The van der Waals surface area contributed by atoms with Gasteiger partial charge in [-0.05, 0) is 42.0 Å². The van der Waals surface area contributed by atoms with Crippen LogP contribution in [0.5, 0.6) is 11.5 Å². The number of hydrogen-bond acceptors (Lipinski definition) is 5. The standard InChI is InChI=1S/C19H18ClNO5/c1-24-17-10-13(7-9-19(23)25-2)6-8-16(17)26-12-18(22)21-15-5-3-4-14(20)11-15/h3-11H,12H2,1-2H3,(H,21,22)/b9-7+. The van der Waals surface area contributed by atoms with E-state index < -0.39 is 5.97 Å². The van der Waals surface area contributed by atoms with Crippen LogP contribution in [0.1, 0.15) is 5.56 Å². The number of benzene rings is 2. The third-order valence-electron chi connectivity index (χ3n) is 3.27. The molecule has 0 saturated carbocycles. The first-order valence-electron chi connectivity index (χ1n) is 7.64. The fourth-order valence-electron chi connectivity index (χ4n) is 2.05. The van der Waals surface area contributed by atoms with E-state index in [1.807, 2.05) is 0 Å². The SMILES string of the molecule is COC(=O)/C=C/c1ccc(OCC(=O)Nc2cccc(Cl)c2)c(OC)c1. The molecule has 6 nitrogen and oxygen atoms in total. The van der Waals surface area contributed by atoms with Crippen molar-refractivity contribution in [2.45, 2.75) is 0 Å². The van der Waals surface area contributed by atoms with Crippen molar-refractivity contribution < 1.29 is 23.8 Å². The van der Waals surface area contributed by atoms with E-state index in [0.29, 0.717) is 22.2 Å². The molecule has 2 rings (SSSR count). The molecule has 0 heterocycles. The van der Waals surface area contributed by atoms with E-state index >= 15 is 0 Å². The molecule has 136 valence electrons. The van der Waals surface area contributed by atoms with Crippen LogP contribution in [0.3, 0.4) is 0 Å². The molecule has 0 spiro atoms. The van der Waals surface area contributed by atoms with Crippen molar-refractivity contribution in [1.82, 2.24) is 0 Å². The number of nitrogens with one attached hydrogen (secondary N) is 1. The zero-order valence-corrected chi connectivity index (χ0v) is 15.1. The van der Waals surface area contributed by atoms with Crippen molar-refractivity contribution in [2.24, 2.45) is 0 Å². The van der Waals surface area contributed by atoms with Crippen molar-refractivity contribution in [3.05, 3.63) is 59.1 Å². The molecule has 26 heavy (non-hydrogen) atoms. The molecular weight excluding hydrogens is 358 g/mol. The molecule has 2 aromatic carbocycles. The van der Waals surface area contributed by atoms with Crippen molar-refractivity contribution in [2.75, 3.05) is 26.1 Å². The van der Waals surface area contributed by atoms with E-state index in [1.165, 1.54) is 20.3 Å². The smallest absolute Gasteiger partial charge is 0.330 e. The second-order valence-corrected chi connectivity index (χ2v) is 5.55. The first-order valence-corrected chi connectivity index (χ1v) is 8.02. The van der Waals surface area contributed by atoms with Crippen LogP contribution in [0.25, 0.3) is 6.08 Å². The number of esters is 1. The van der Waals surface area contributed by atoms with E-state index in [1.54, 1.807) is 48.5 Å². The van der Waals surface area contributed by atoms with Crippen LogP contribution in [-0.4, -0.2) is 32.7 Å². The molecule has 0 atom stereocenters. The van der Waals surface area contributed by atoms with Gasteiger partial charge in [0.1, 0.15) is 0 Å². The molecule has 0 aromatic heterocycles. The quantitative estimate of drug-likeness (QED) is 0.591. The van der Waals surface area contributed by atoms with Crippen molar-refractivity contribution in [1.29, 1.82) is 0 Å². The third kappa shape index (κ3) is 5.82. The van der Waals surface area contributed by atoms with Crippen LogP contribution >= 0.6 is 11.6 Å². The number of carbonyl (C=O) groups excluding carboxylic acids is 2. The van der Waals surface area contributed by atoms with Gasteiger partial charge in [-0.2, -0.15) is 0 Å². The number of amides is 1. The molecule has 0 aliphatic rings. The fraction of sp³-hybridized carbons (Fsp3) is 0.158. The minimum absolute atomic E-state index is 0.194. The Labute approximate surface area is 156 Å². The summed E-state index contributed by atoms with van der Waals surface area (Å²) in [4.78, 5) is 23.1. The minimum atomic E-state index is -0.457.